The minimum absolute atomic E-state index is 0.00727. The Morgan fingerprint density at radius 3 is 2.65 bits per heavy atom. The summed E-state index contributed by atoms with van der Waals surface area (Å²) < 4.78 is 57.3. The van der Waals surface area contributed by atoms with E-state index in [1.165, 1.54) is 10.6 Å². The van der Waals surface area contributed by atoms with Crippen molar-refractivity contribution in [2.24, 2.45) is 5.92 Å². The number of hydrogen-bond acceptors (Lipinski definition) is 8. The molecule has 14 heteroatoms. The van der Waals surface area contributed by atoms with Crippen molar-refractivity contribution < 1.29 is 16.8 Å². The molecule has 0 amide bonds. The Hall–Kier alpha value is -2.31. The molecule has 0 unspecified atom stereocenters. The smallest absolute Gasteiger partial charge is 0.280 e. The molecule has 2 aromatic rings. The quantitative estimate of drug-likeness (QED) is 0.418. The lowest BCUT2D eigenvalue weighted by molar-refractivity contribution is 0.257. The summed E-state index contributed by atoms with van der Waals surface area (Å²) in [6.07, 6.45) is 7.73. The molecule has 1 saturated carbocycles. The summed E-state index contributed by atoms with van der Waals surface area (Å²) in [4.78, 5) is 14.0. The summed E-state index contributed by atoms with van der Waals surface area (Å²) in [6.45, 7) is 2.80. The van der Waals surface area contributed by atoms with Gasteiger partial charge in [0.15, 0.2) is 0 Å². The minimum Gasteiger partial charge on any atom is -0.353 e. The monoisotopic (exact) mass is 550 g/mol. The van der Waals surface area contributed by atoms with Crippen LogP contribution in [-0.4, -0.2) is 91.0 Å². The van der Waals surface area contributed by atoms with Gasteiger partial charge in [-0.15, -0.1) is 0 Å². The van der Waals surface area contributed by atoms with Crippen molar-refractivity contribution in [1.29, 1.82) is 5.26 Å². The highest BCUT2D eigenvalue weighted by molar-refractivity contribution is 7.89. The van der Waals surface area contributed by atoms with E-state index < -0.39 is 25.8 Å². The Balaban J connectivity index is 1.11. The minimum atomic E-state index is -3.63. The average Bonchev–Trinajstić information content (AvgIpc) is 3.44. The van der Waals surface area contributed by atoms with E-state index in [9.17, 15) is 16.8 Å². The zero-order valence-corrected chi connectivity index (χ0v) is 22.5. The number of fused-ring (bicyclic) bond motifs is 1. The van der Waals surface area contributed by atoms with Crippen molar-refractivity contribution in [3.05, 3.63) is 18.6 Å². The van der Waals surface area contributed by atoms with Crippen LogP contribution in [0.15, 0.2) is 18.6 Å². The number of piperazine rings is 1. The maximum atomic E-state index is 13.3. The van der Waals surface area contributed by atoms with Crippen LogP contribution in [0.5, 0.6) is 0 Å². The van der Waals surface area contributed by atoms with Gasteiger partial charge in [-0.25, -0.2) is 27.4 Å². The number of piperidine rings is 1. The lowest BCUT2D eigenvalue weighted by atomic mass is 9.95. The number of nitrogens with zero attached hydrogens (tertiary/aromatic N) is 6. The first kappa shape index (κ1) is 26.3. The topological polar surface area (TPSA) is 155 Å². The molecule has 4 heterocycles. The maximum absolute atomic E-state index is 13.3. The molecule has 12 nitrogen and oxygen atoms in total. The number of nitrogens with one attached hydrogen (secondary N) is 2. The van der Waals surface area contributed by atoms with E-state index in [2.05, 4.69) is 24.6 Å². The van der Waals surface area contributed by atoms with Gasteiger partial charge in [-0.3, -0.25) is 0 Å². The molecular formula is C23H34N8O4S2. The Morgan fingerprint density at radius 2 is 1.92 bits per heavy atom. The Kier molecular flexibility index (Phi) is 7.43. The molecule has 3 aliphatic rings. The van der Waals surface area contributed by atoms with Crippen LogP contribution in [-0.2, 0) is 20.2 Å². The van der Waals surface area contributed by atoms with Crippen molar-refractivity contribution in [3.63, 3.8) is 0 Å². The number of nitriles is 1. The lowest BCUT2D eigenvalue weighted by Crippen LogP contribution is -2.59. The van der Waals surface area contributed by atoms with E-state index in [1.807, 2.05) is 18.3 Å². The summed E-state index contributed by atoms with van der Waals surface area (Å²) in [5, 5.41) is 9.57. The second kappa shape index (κ2) is 10.5. The second-order valence-corrected chi connectivity index (χ2v) is 14.0. The van der Waals surface area contributed by atoms with E-state index in [0.717, 1.165) is 29.7 Å². The molecule has 0 aromatic carbocycles. The highest BCUT2D eigenvalue weighted by atomic mass is 32.2. The predicted molar refractivity (Wildman–Crippen MR) is 139 cm³/mol. The number of unbranched alkanes of at least 4 members (excludes halogenated alkanes) is 1. The standard InChI is InChI=1S/C23H34N8O4S2/c24-9-1-2-16-36(32,33)30-12-5-19(6-13-30)3-11-28-37(34,35)31-15-14-29(17-23(31)7-8-23)22-20-4-10-25-21(20)26-18-27-22/h4,10,18-19,28H,1-3,5-8,11-17H2,(H,25,26,27). The van der Waals surface area contributed by atoms with E-state index >= 15 is 0 Å². The van der Waals surface area contributed by atoms with Crippen molar-refractivity contribution in [2.45, 2.75) is 50.5 Å². The van der Waals surface area contributed by atoms with Gasteiger partial charge in [0, 0.05) is 51.9 Å². The zero-order valence-electron chi connectivity index (χ0n) is 20.8. The third-order valence-corrected chi connectivity index (χ3v) is 11.5. The van der Waals surface area contributed by atoms with Crippen molar-refractivity contribution in [2.75, 3.05) is 49.9 Å². The number of anilines is 1. The predicted octanol–water partition coefficient (Wildman–Crippen LogP) is 1.18. The van der Waals surface area contributed by atoms with E-state index in [-0.39, 0.29) is 18.1 Å². The number of hydrogen-bond donors (Lipinski definition) is 2. The van der Waals surface area contributed by atoms with E-state index in [0.29, 0.717) is 65.0 Å². The molecular weight excluding hydrogens is 516 g/mol. The van der Waals surface area contributed by atoms with Gasteiger partial charge >= 0.3 is 0 Å². The average molecular weight is 551 g/mol. The van der Waals surface area contributed by atoms with Crippen LogP contribution < -0.4 is 9.62 Å². The number of aromatic nitrogens is 3. The zero-order chi connectivity index (χ0) is 26.1. The van der Waals surface area contributed by atoms with Crippen molar-refractivity contribution in [1.82, 2.24) is 28.3 Å². The molecule has 37 heavy (non-hydrogen) atoms. The van der Waals surface area contributed by atoms with Gasteiger partial charge in [-0.1, -0.05) is 0 Å². The van der Waals surface area contributed by atoms with Gasteiger partial charge < -0.3 is 9.88 Å². The third kappa shape index (κ3) is 5.61. The molecule has 1 aliphatic carbocycles. The molecule has 2 saturated heterocycles. The molecule has 1 spiro atoms. The van der Waals surface area contributed by atoms with Crippen LogP contribution in [0.2, 0.25) is 0 Å². The summed E-state index contributed by atoms with van der Waals surface area (Å²) in [7, 11) is -6.95. The van der Waals surface area contributed by atoms with Crippen LogP contribution in [0.25, 0.3) is 11.0 Å². The van der Waals surface area contributed by atoms with Crippen LogP contribution in [0.3, 0.4) is 0 Å². The summed E-state index contributed by atoms with van der Waals surface area (Å²) in [5.74, 6) is 1.12. The fraction of sp³-hybridized carbons (Fsp3) is 0.696. The van der Waals surface area contributed by atoms with Crippen LogP contribution in [0.1, 0.15) is 44.9 Å². The Labute approximate surface area is 218 Å². The normalized spacial score (nSPS) is 21.4. The van der Waals surface area contributed by atoms with Gasteiger partial charge in [0.25, 0.3) is 10.2 Å². The van der Waals surface area contributed by atoms with Gasteiger partial charge in [0.2, 0.25) is 10.0 Å². The number of rotatable bonds is 10. The number of sulfonamides is 1. The largest absolute Gasteiger partial charge is 0.353 e. The number of H-pyrrole nitrogens is 1. The van der Waals surface area contributed by atoms with Crippen molar-refractivity contribution in [3.8, 4) is 6.07 Å². The Bertz CT molecular complexity index is 1360. The van der Waals surface area contributed by atoms with Gasteiger partial charge in [0.1, 0.15) is 17.8 Å². The third-order valence-electron chi connectivity index (χ3n) is 7.83. The molecule has 3 fully saturated rings. The fourth-order valence-electron chi connectivity index (χ4n) is 5.59. The molecule has 0 radical (unpaired) electrons. The fourth-order valence-corrected chi connectivity index (χ4v) is 8.73. The highest BCUT2D eigenvalue weighted by Crippen LogP contribution is 2.46. The Morgan fingerprint density at radius 1 is 1.14 bits per heavy atom. The second-order valence-electron chi connectivity index (χ2n) is 10.3. The maximum Gasteiger partial charge on any atom is 0.280 e. The molecule has 5 rings (SSSR count). The summed E-state index contributed by atoms with van der Waals surface area (Å²) in [6, 6.07) is 3.93. The first-order valence-corrected chi connectivity index (χ1v) is 15.9. The number of aromatic amines is 1. The first-order chi connectivity index (χ1) is 17.7. The molecule has 2 aromatic heterocycles. The highest BCUT2D eigenvalue weighted by Gasteiger charge is 2.56. The first-order valence-electron chi connectivity index (χ1n) is 12.9. The molecule has 0 bridgehead atoms. The van der Waals surface area contributed by atoms with Crippen LogP contribution in [0, 0.1) is 17.2 Å². The van der Waals surface area contributed by atoms with E-state index in [1.54, 1.807) is 4.31 Å². The molecule has 0 atom stereocenters. The summed E-state index contributed by atoms with van der Waals surface area (Å²) >= 11 is 0. The van der Waals surface area contributed by atoms with Crippen LogP contribution in [0.4, 0.5) is 5.82 Å². The summed E-state index contributed by atoms with van der Waals surface area (Å²) in [5.41, 5.74) is 0.372. The molecule has 2 aliphatic heterocycles. The van der Waals surface area contributed by atoms with Crippen molar-refractivity contribution >= 4 is 37.1 Å². The van der Waals surface area contributed by atoms with Gasteiger partial charge in [-0.2, -0.15) is 18.0 Å². The molecule has 202 valence electrons. The lowest BCUT2D eigenvalue weighted by Gasteiger charge is -2.41. The molecule has 2 N–H and O–H groups in total. The van der Waals surface area contributed by atoms with Gasteiger partial charge in [-0.05, 0) is 50.5 Å². The van der Waals surface area contributed by atoms with Gasteiger partial charge in [0.05, 0.1) is 22.7 Å². The van der Waals surface area contributed by atoms with E-state index in [4.69, 9.17) is 5.26 Å². The SMILES string of the molecule is N#CCCCS(=O)(=O)N1CCC(CCNS(=O)(=O)N2CCN(c3ncnc4[nH]ccc34)CC23CC3)CC1. The van der Waals surface area contributed by atoms with Crippen LogP contribution >= 0.6 is 0 Å².